The summed E-state index contributed by atoms with van der Waals surface area (Å²) < 4.78 is 0. The van der Waals surface area contributed by atoms with E-state index < -0.39 is 0 Å². The van der Waals surface area contributed by atoms with Gasteiger partial charge >= 0.3 is 0 Å². The molecule has 5 heteroatoms. The van der Waals surface area contributed by atoms with Crippen LogP contribution in [-0.2, 0) is 24.1 Å². The van der Waals surface area contributed by atoms with Crippen LogP contribution in [0.2, 0.25) is 0 Å². The highest BCUT2D eigenvalue weighted by molar-refractivity contribution is 7.17. The number of rotatable bonds is 3. The second-order valence-electron chi connectivity index (χ2n) is 7.04. The van der Waals surface area contributed by atoms with E-state index in [1.807, 2.05) is 36.9 Å². The van der Waals surface area contributed by atoms with Crippen LogP contribution in [0.25, 0.3) is 0 Å². The number of fused-ring (bicyclic) bond motifs is 2. The van der Waals surface area contributed by atoms with Crippen molar-refractivity contribution in [2.24, 2.45) is 5.92 Å². The minimum atomic E-state index is -0.104. The van der Waals surface area contributed by atoms with Crippen LogP contribution in [0.3, 0.4) is 0 Å². The summed E-state index contributed by atoms with van der Waals surface area (Å²) in [5.74, 6) is -0.105. The highest BCUT2D eigenvalue weighted by Gasteiger charge is 2.33. The molecule has 1 aromatic heterocycles. The molecular formula is C20H22N2O2S. The fourth-order valence-corrected chi connectivity index (χ4v) is 4.94. The molecule has 2 aliphatic rings. The lowest BCUT2D eigenvalue weighted by atomic mass is 10.1. The molecule has 130 valence electrons. The Morgan fingerprint density at radius 3 is 2.76 bits per heavy atom. The number of amides is 2. The van der Waals surface area contributed by atoms with Gasteiger partial charge < -0.3 is 10.2 Å². The van der Waals surface area contributed by atoms with Crippen molar-refractivity contribution < 1.29 is 9.59 Å². The molecule has 0 saturated heterocycles. The molecule has 4 nitrogen and oxygen atoms in total. The van der Waals surface area contributed by atoms with Gasteiger partial charge in [-0.15, -0.1) is 11.3 Å². The Morgan fingerprint density at radius 1 is 1.16 bits per heavy atom. The van der Waals surface area contributed by atoms with Gasteiger partial charge in [0, 0.05) is 23.0 Å². The molecular weight excluding hydrogens is 332 g/mol. The first-order valence-electron chi connectivity index (χ1n) is 8.91. The summed E-state index contributed by atoms with van der Waals surface area (Å²) in [6, 6.07) is 8.09. The molecule has 0 atom stereocenters. The van der Waals surface area contributed by atoms with Gasteiger partial charge in [-0.2, -0.15) is 0 Å². The van der Waals surface area contributed by atoms with Gasteiger partial charge in [-0.25, -0.2) is 0 Å². The SMILES string of the molecule is CC(C)C(=O)Nc1sc2c(c1C(=O)N1CCc3ccccc31)CCC2. The standard InChI is InChI=1S/C20H22N2O2S/c1-12(2)18(23)21-19-17(14-7-5-9-16(14)25-19)20(24)22-11-10-13-6-3-4-8-15(13)22/h3-4,6,8,12H,5,7,9-11H2,1-2H3,(H,21,23). The number of anilines is 2. The zero-order chi connectivity index (χ0) is 17.6. The van der Waals surface area contributed by atoms with Gasteiger partial charge in [0.05, 0.1) is 5.56 Å². The van der Waals surface area contributed by atoms with Crippen molar-refractivity contribution >= 4 is 33.8 Å². The number of para-hydroxylation sites is 1. The van der Waals surface area contributed by atoms with Crippen LogP contribution in [0.4, 0.5) is 10.7 Å². The Bertz CT molecular complexity index is 853. The number of benzene rings is 1. The van der Waals surface area contributed by atoms with Gasteiger partial charge in [-0.1, -0.05) is 32.0 Å². The molecule has 1 N–H and O–H groups in total. The molecule has 0 radical (unpaired) electrons. The third kappa shape index (κ3) is 2.76. The van der Waals surface area contributed by atoms with Crippen molar-refractivity contribution in [3.63, 3.8) is 0 Å². The van der Waals surface area contributed by atoms with Crippen LogP contribution in [0, 0.1) is 5.92 Å². The predicted molar refractivity (Wildman–Crippen MR) is 102 cm³/mol. The fourth-order valence-electron chi connectivity index (χ4n) is 3.66. The van der Waals surface area contributed by atoms with Crippen molar-refractivity contribution in [1.29, 1.82) is 0 Å². The topological polar surface area (TPSA) is 49.4 Å². The molecule has 2 amide bonds. The van der Waals surface area contributed by atoms with Crippen LogP contribution >= 0.6 is 11.3 Å². The largest absolute Gasteiger partial charge is 0.317 e. The molecule has 0 fully saturated rings. The van der Waals surface area contributed by atoms with Gasteiger partial charge in [-0.3, -0.25) is 9.59 Å². The van der Waals surface area contributed by atoms with Crippen LogP contribution in [0.5, 0.6) is 0 Å². The number of carbonyl (C=O) groups excluding carboxylic acids is 2. The number of carbonyl (C=O) groups is 2. The number of aryl methyl sites for hydroxylation is 1. The summed E-state index contributed by atoms with van der Waals surface area (Å²) in [6.07, 6.45) is 3.92. The number of nitrogens with one attached hydrogen (secondary N) is 1. The Balaban J connectivity index is 1.72. The van der Waals surface area contributed by atoms with E-state index in [-0.39, 0.29) is 17.7 Å². The summed E-state index contributed by atoms with van der Waals surface area (Å²) in [6.45, 7) is 4.45. The molecule has 4 rings (SSSR count). The Labute approximate surface area is 151 Å². The number of nitrogens with zero attached hydrogens (tertiary/aromatic N) is 1. The lowest BCUT2D eigenvalue weighted by Gasteiger charge is -2.19. The summed E-state index contributed by atoms with van der Waals surface area (Å²) in [7, 11) is 0. The normalized spacial score (nSPS) is 15.4. The van der Waals surface area contributed by atoms with E-state index in [4.69, 9.17) is 0 Å². The Hall–Kier alpha value is -2.14. The molecule has 0 spiro atoms. The number of hydrogen-bond donors (Lipinski definition) is 1. The highest BCUT2D eigenvalue weighted by Crippen LogP contribution is 2.41. The first-order valence-corrected chi connectivity index (χ1v) is 9.73. The maximum atomic E-state index is 13.4. The average Bonchev–Trinajstić information content (AvgIpc) is 3.27. The molecule has 25 heavy (non-hydrogen) atoms. The van der Waals surface area contributed by atoms with Crippen LogP contribution < -0.4 is 10.2 Å². The van der Waals surface area contributed by atoms with E-state index >= 15 is 0 Å². The minimum absolute atomic E-state index is 0.0309. The van der Waals surface area contributed by atoms with E-state index in [1.54, 1.807) is 11.3 Å². The van der Waals surface area contributed by atoms with Gasteiger partial charge in [0.1, 0.15) is 5.00 Å². The predicted octanol–water partition coefficient (Wildman–Crippen LogP) is 4.03. The quantitative estimate of drug-likeness (QED) is 0.904. The summed E-state index contributed by atoms with van der Waals surface area (Å²) >= 11 is 1.58. The first-order chi connectivity index (χ1) is 12.1. The van der Waals surface area contributed by atoms with Gasteiger partial charge in [0.2, 0.25) is 5.91 Å². The average molecular weight is 354 g/mol. The van der Waals surface area contributed by atoms with Gasteiger partial charge in [-0.05, 0) is 42.9 Å². The summed E-state index contributed by atoms with van der Waals surface area (Å²) in [5.41, 5.74) is 4.10. The number of thiophene rings is 1. The zero-order valence-corrected chi connectivity index (χ0v) is 15.4. The van der Waals surface area contributed by atoms with Crippen molar-refractivity contribution in [2.75, 3.05) is 16.8 Å². The van der Waals surface area contributed by atoms with Crippen molar-refractivity contribution in [2.45, 2.75) is 39.5 Å². The van der Waals surface area contributed by atoms with Crippen LogP contribution in [-0.4, -0.2) is 18.4 Å². The molecule has 0 unspecified atom stereocenters. The highest BCUT2D eigenvalue weighted by atomic mass is 32.1. The van der Waals surface area contributed by atoms with Crippen molar-refractivity contribution in [3.8, 4) is 0 Å². The monoisotopic (exact) mass is 354 g/mol. The summed E-state index contributed by atoms with van der Waals surface area (Å²) in [5, 5.41) is 3.73. The van der Waals surface area contributed by atoms with E-state index in [2.05, 4.69) is 11.4 Å². The molecule has 2 aromatic rings. The van der Waals surface area contributed by atoms with Gasteiger partial charge in [0.25, 0.3) is 5.91 Å². The molecule has 1 aliphatic heterocycles. The number of hydrogen-bond acceptors (Lipinski definition) is 3. The second kappa shape index (κ2) is 6.30. The van der Waals surface area contributed by atoms with E-state index in [0.717, 1.165) is 47.5 Å². The van der Waals surface area contributed by atoms with E-state index in [0.29, 0.717) is 6.54 Å². The molecule has 2 heterocycles. The lowest BCUT2D eigenvalue weighted by Crippen LogP contribution is -2.30. The van der Waals surface area contributed by atoms with E-state index in [9.17, 15) is 9.59 Å². The van der Waals surface area contributed by atoms with Crippen LogP contribution in [0.1, 0.15) is 46.6 Å². The fraction of sp³-hybridized carbons (Fsp3) is 0.400. The molecule has 1 aliphatic carbocycles. The maximum Gasteiger partial charge on any atom is 0.261 e. The smallest absolute Gasteiger partial charge is 0.261 e. The zero-order valence-electron chi connectivity index (χ0n) is 14.6. The molecule has 1 aromatic carbocycles. The summed E-state index contributed by atoms with van der Waals surface area (Å²) in [4.78, 5) is 28.7. The third-order valence-electron chi connectivity index (χ3n) is 5.03. The minimum Gasteiger partial charge on any atom is -0.317 e. The van der Waals surface area contributed by atoms with E-state index in [1.165, 1.54) is 10.4 Å². The van der Waals surface area contributed by atoms with Crippen molar-refractivity contribution in [3.05, 3.63) is 45.8 Å². The van der Waals surface area contributed by atoms with Crippen LogP contribution in [0.15, 0.2) is 24.3 Å². The Kier molecular flexibility index (Phi) is 4.12. The first kappa shape index (κ1) is 16.3. The molecule has 0 bridgehead atoms. The maximum absolute atomic E-state index is 13.4. The van der Waals surface area contributed by atoms with Gasteiger partial charge in [0.15, 0.2) is 0 Å². The lowest BCUT2D eigenvalue weighted by molar-refractivity contribution is -0.118. The molecule has 0 saturated carbocycles. The second-order valence-corrected chi connectivity index (χ2v) is 8.15. The third-order valence-corrected chi connectivity index (χ3v) is 6.24. The van der Waals surface area contributed by atoms with Crippen molar-refractivity contribution in [1.82, 2.24) is 0 Å². The Morgan fingerprint density at radius 2 is 1.96 bits per heavy atom.